The summed E-state index contributed by atoms with van der Waals surface area (Å²) < 4.78 is 5.63. The van der Waals surface area contributed by atoms with Gasteiger partial charge in [-0.05, 0) is 42.9 Å². The molecule has 0 saturated heterocycles. The number of phenols is 2. The number of ether oxygens (including phenoxy) is 1. The Kier molecular flexibility index (Phi) is 6.20. The fourth-order valence-electron chi connectivity index (χ4n) is 3.93. The van der Waals surface area contributed by atoms with Crippen molar-refractivity contribution in [2.24, 2.45) is 17.8 Å². The highest BCUT2D eigenvalue weighted by Crippen LogP contribution is 2.50. The first kappa shape index (κ1) is 18.0. The molecule has 0 spiro atoms. The molecule has 0 aliphatic heterocycles. The summed E-state index contributed by atoms with van der Waals surface area (Å²) in [4.78, 5) is 0. The summed E-state index contributed by atoms with van der Waals surface area (Å²) in [7, 11) is 0. The minimum atomic E-state index is 0.182. The van der Waals surface area contributed by atoms with E-state index in [-0.39, 0.29) is 17.4 Å². The van der Waals surface area contributed by atoms with E-state index in [1.807, 2.05) is 0 Å². The molecule has 0 heterocycles. The van der Waals surface area contributed by atoms with E-state index >= 15 is 0 Å². The maximum absolute atomic E-state index is 10.5. The Balaban J connectivity index is 2.26. The summed E-state index contributed by atoms with van der Waals surface area (Å²) in [5.74, 6) is 2.84. The van der Waals surface area contributed by atoms with Gasteiger partial charge in [-0.15, -0.1) is 0 Å². The smallest absolute Gasteiger partial charge is 0.126 e. The van der Waals surface area contributed by atoms with Crippen molar-refractivity contribution in [3.05, 3.63) is 17.7 Å². The van der Waals surface area contributed by atoms with Crippen molar-refractivity contribution in [2.75, 3.05) is 6.61 Å². The van der Waals surface area contributed by atoms with Gasteiger partial charge in [0.1, 0.15) is 17.2 Å². The Morgan fingerprint density at radius 2 is 1.83 bits per heavy atom. The number of hydrogen-bond donors (Lipinski definition) is 2. The standard InChI is InChI=1S/C20H32O3/c1-5-6-9-23-15-11-18(21)20(19(22)12-15)17-10-14(4)7-8-16(17)13(2)3/h11-14,16-17,21-22H,5-10H2,1-4H3/t14-,16+,17-/m1/s1. The van der Waals surface area contributed by atoms with Gasteiger partial charge in [0.15, 0.2) is 0 Å². The van der Waals surface area contributed by atoms with Crippen molar-refractivity contribution < 1.29 is 14.9 Å². The Bertz CT molecular complexity index is 487. The summed E-state index contributed by atoms with van der Waals surface area (Å²) >= 11 is 0. The van der Waals surface area contributed by atoms with Crippen LogP contribution in [0.2, 0.25) is 0 Å². The largest absolute Gasteiger partial charge is 0.507 e. The second-order valence-corrected chi connectivity index (χ2v) is 7.51. The molecule has 130 valence electrons. The van der Waals surface area contributed by atoms with Crippen molar-refractivity contribution in [2.45, 2.75) is 65.7 Å². The predicted molar refractivity (Wildman–Crippen MR) is 94.3 cm³/mol. The van der Waals surface area contributed by atoms with Gasteiger partial charge in [-0.1, -0.05) is 40.5 Å². The lowest BCUT2D eigenvalue weighted by Crippen LogP contribution is -2.26. The molecule has 23 heavy (non-hydrogen) atoms. The zero-order valence-corrected chi connectivity index (χ0v) is 15.0. The molecule has 3 heteroatoms. The van der Waals surface area contributed by atoms with Crippen molar-refractivity contribution in [1.29, 1.82) is 0 Å². The summed E-state index contributed by atoms with van der Waals surface area (Å²) in [6, 6.07) is 3.34. The third-order valence-corrected chi connectivity index (χ3v) is 5.27. The van der Waals surface area contributed by atoms with E-state index in [0.29, 0.717) is 30.1 Å². The van der Waals surface area contributed by atoms with Crippen molar-refractivity contribution in [3.8, 4) is 17.2 Å². The van der Waals surface area contributed by atoms with Crippen molar-refractivity contribution in [3.63, 3.8) is 0 Å². The fraction of sp³-hybridized carbons (Fsp3) is 0.700. The van der Waals surface area contributed by atoms with Crippen LogP contribution < -0.4 is 4.74 Å². The molecule has 0 amide bonds. The quantitative estimate of drug-likeness (QED) is 0.685. The molecule has 0 unspecified atom stereocenters. The van der Waals surface area contributed by atoms with Crippen LogP contribution in [0.1, 0.15) is 71.3 Å². The Morgan fingerprint density at radius 1 is 1.17 bits per heavy atom. The van der Waals surface area contributed by atoms with Gasteiger partial charge in [-0.25, -0.2) is 0 Å². The van der Waals surface area contributed by atoms with Crippen LogP contribution in [0.4, 0.5) is 0 Å². The molecule has 0 radical (unpaired) electrons. The molecule has 0 bridgehead atoms. The fourth-order valence-corrected chi connectivity index (χ4v) is 3.93. The van der Waals surface area contributed by atoms with Gasteiger partial charge in [0.05, 0.1) is 6.61 Å². The van der Waals surface area contributed by atoms with Gasteiger partial charge >= 0.3 is 0 Å². The SMILES string of the molecule is CCCCOc1cc(O)c([C@@H]2C[C@H](C)CC[C@H]2C(C)C)c(O)c1. The molecule has 2 N–H and O–H groups in total. The maximum Gasteiger partial charge on any atom is 0.126 e. The number of benzene rings is 1. The van der Waals surface area contributed by atoms with E-state index in [4.69, 9.17) is 4.74 Å². The highest BCUT2D eigenvalue weighted by Gasteiger charge is 2.35. The molecule has 0 aromatic heterocycles. The minimum absolute atomic E-state index is 0.182. The van der Waals surface area contributed by atoms with Crippen LogP contribution >= 0.6 is 0 Å². The number of hydrogen-bond acceptors (Lipinski definition) is 3. The van der Waals surface area contributed by atoms with Gasteiger partial charge in [0, 0.05) is 17.7 Å². The Morgan fingerprint density at radius 3 is 2.39 bits per heavy atom. The van der Waals surface area contributed by atoms with Crippen LogP contribution in [0.15, 0.2) is 12.1 Å². The van der Waals surface area contributed by atoms with Gasteiger partial charge in [0.2, 0.25) is 0 Å². The average Bonchev–Trinajstić information content (AvgIpc) is 2.46. The van der Waals surface area contributed by atoms with E-state index in [1.165, 1.54) is 6.42 Å². The third kappa shape index (κ3) is 4.33. The maximum atomic E-state index is 10.5. The Labute approximate surface area is 140 Å². The lowest BCUT2D eigenvalue weighted by molar-refractivity contribution is 0.191. The summed E-state index contributed by atoms with van der Waals surface area (Å²) in [6.45, 7) is 9.47. The number of unbranched alkanes of at least 4 members (excludes halogenated alkanes) is 1. The third-order valence-electron chi connectivity index (χ3n) is 5.27. The molecule has 1 saturated carbocycles. The molecule has 2 rings (SSSR count). The van der Waals surface area contributed by atoms with E-state index in [1.54, 1.807) is 12.1 Å². The van der Waals surface area contributed by atoms with E-state index < -0.39 is 0 Å². The van der Waals surface area contributed by atoms with Gasteiger partial charge < -0.3 is 14.9 Å². The summed E-state index contributed by atoms with van der Waals surface area (Å²) in [6.07, 6.45) is 5.46. The van der Waals surface area contributed by atoms with Crippen LogP contribution in [-0.2, 0) is 0 Å². The van der Waals surface area contributed by atoms with Crippen LogP contribution in [0.5, 0.6) is 17.2 Å². The molecule has 3 atom stereocenters. The molecular formula is C20H32O3. The number of rotatable bonds is 6. The second kappa shape index (κ2) is 7.94. The van der Waals surface area contributed by atoms with Crippen LogP contribution in [0.25, 0.3) is 0 Å². The van der Waals surface area contributed by atoms with Crippen LogP contribution in [-0.4, -0.2) is 16.8 Å². The average molecular weight is 320 g/mol. The zero-order chi connectivity index (χ0) is 17.0. The summed E-state index contributed by atoms with van der Waals surface area (Å²) in [5.41, 5.74) is 0.720. The normalized spacial score (nSPS) is 24.8. The first-order valence-corrected chi connectivity index (χ1v) is 9.12. The number of aromatic hydroxyl groups is 2. The van der Waals surface area contributed by atoms with Gasteiger partial charge in [-0.3, -0.25) is 0 Å². The van der Waals surface area contributed by atoms with Gasteiger partial charge in [-0.2, -0.15) is 0 Å². The van der Waals surface area contributed by atoms with Crippen molar-refractivity contribution >= 4 is 0 Å². The topological polar surface area (TPSA) is 49.7 Å². The lowest BCUT2D eigenvalue weighted by atomic mass is 9.67. The molecule has 1 aromatic rings. The Hall–Kier alpha value is -1.38. The zero-order valence-electron chi connectivity index (χ0n) is 15.0. The van der Waals surface area contributed by atoms with Gasteiger partial charge in [0.25, 0.3) is 0 Å². The highest BCUT2D eigenvalue weighted by atomic mass is 16.5. The lowest BCUT2D eigenvalue weighted by Gasteiger charge is -2.38. The minimum Gasteiger partial charge on any atom is -0.507 e. The van der Waals surface area contributed by atoms with E-state index in [0.717, 1.165) is 31.2 Å². The van der Waals surface area contributed by atoms with Crippen LogP contribution in [0, 0.1) is 17.8 Å². The monoisotopic (exact) mass is 320 g/mol. The van der Waals surface area contributed by atoms with E-state index in [9.17, 15) is 10.2 Å². The molecule has 1 aliphatic carbocycles. The number of phenolic OH excluding ortho intramolecular Hbond substituents is 2. The second-order valence-electron chi connectivity index (χ2n) is 7.51. The molecular weight excluding hydrogens is 288 g/mol. The molecule has 1 aromatic carbocycles. The van der Waals surface area contributed by atoms with Crippen molar-refractivity contribution in [1.82, 2.24) is 0 Å². The predicted octanol–water partition coefficient (Wildman–Crippen LogP) is 5.45. The van der Waals surface area contributed by atoms with E-state index in [2.05, 4.69) is 27.7 Å². The highest BCUT2D eigenvalue weighted by molar-refractivity contribution is 5.51. The van der Waals surface area contributed by atoms with Crippen LogP contribution in [0.3, 0.4) is 0 Å². The first-order chi connectivity index (χ1) is 10.9. The summed E-state index contributed by atoms with van der Waals surface area (Å²) in [5, 5.41) is 21.1. The molecule has 1 fully saturated rings. The first-order valence-electron chi connectivity index (χ1n) is 9.12. The molecule has 1 aliphatic rings. The molecule has 3 nitrogen and oxygen atoms in total.